The van der Waals surface area contributed by atoms with Gasteiger partial charge in [0.05, 0.1) is 28.6 Å². The van der Waals surface area contributed by atoms with Gasteiger partial charge in [0.15, 0.2) is 0 Å². The molecule has 3 rings (SSSR count). The average molecular weight is 336 g/mol. The van der Waals surface area contributed by atoms with Crippen molar-refractivity contribution in [2.75, 3.05) is 16.8 Å². The van der Waals surface area contributed by atoms with Crippen LogP contribution in [0.15, 0.2) is 48.5 Å². The predicted octanol–water partition coefficient (Wildman–Crippen LogP) is 3.53. The first-order chi connectivity index (χ1) is 11.7. The van der Waals surface area contributed by atoms with Crippen molar-refractivity contribution in [3.63, 3.8) is 0 Å². The number of hydrogen-bond donors (Lipinski definition) is 1. The molecular formula is C18H16N4OS. The molecule has 0 radical (unpaired) electrons. The molecule has 0 aliphatic carbocycles. The molecule has 0 unspecified atom stereocenters. The number of aromatic nitrogens is 2. The molecule has 0 fully saturated rings. The number of imidazole rings is 1. The molecule has 24 heavy (non-hydrogen) atoms. The van der Waals surface area contributed by atoms with Gasteiger partial charge in [-0.1, -0.05) is 18.2 Å². The number of anilines is 1. The van der Waals surface area contributed by atoms with Gasteiger partial charge < -0.3 is 5.32 Å². The molecule has 0 aliphatic heterocycles. The van der Waals surface area contributed by atoms with E-state index in [1.807, 2.05) is 61.5 Å². The number of thioether (sulfide) groups is 1. The Morgan fingerprint density at radius 1 is 1.29 bits per heavy atom. The number of benzene rings is 2. The number of amides is 1. The SMILES string of the molecule is Cc1nc2cc(NC(=O)CSCC#N)ccc2n1-c1ccccc1. The Bertz CT molecular complexity index is 912. The predicted molar refractivity (Wildman–Crippen MR) is 97.4 cm³/mol. The lowest BCUT2D eigenvalue weighted by molar-refractivity contribution is -0.113. The Morgan fingerprint density at radius 3 is 2.83 bits per heavy atom. The summed E-state index contributed by atoms with van der Waals surface area (Å²) in [7, 11) is 0. The van der Waals surface area contributed by atoms with Crippen LogP contribution in [0.4, 0.5) is 5.69 Å². The molecule has 0 aliphatic rings. The van der Waals surface area contributed by atoms with Gasteiger partial charge in [0.2, 0.25) is 5.91 Å². The fourth-order valence-corrected chi connectivity index (χ4v) is 3.02. The molecule has 0 saturated heterocycles. The summed E-state index contributed by atoms with van der Waals surface area (Å²) in [5.74, 6) is 1.36. The smallest absolute Gasteiger partial charge is 0.234 e. The van der Waals surface area contributed by atoms with E-state index in [1.165, 1.54) is 11.8 Å². The van der Waals surface area contributed by atoms with Crippen LogP contribution >= 0.6 is 11.8 Å². The largest absolute Gasteiger partial charge is 0.325 e. The molecule has 1 heterocycles. The number of nitrogens with zero attached hydrogens (tertiary/aromatic N) is 3. The molecule has 0 atom stereocenters. The summed E-state index contributed by atoms with van der Waals surface area (Å²) in [6.07, 6.45) is 0. The zero-order valence-corrected chi connectivity index (χ0v) is 14.0. The van der Waals surface area contributed by atoms with Gasteiger partial charge in [-0.25, -0.2) is 4.98 Å². The van der Waals surface area contributed by atoms with Crippen molar-refractivity contribution in [3.05, 3.63) is 54.4 Å². The average Bonchev–Trinajstić information content (AvgIpc) is 2.91. The lowest BCUT2D eigenvalue weighted by Crippen LogP contribution is -2.14. The summed E-state index contributed by atoms with van der Waals surface area (Å²) in [4.78, 5) is 16.4. The van der Waals surface area contributed by atoms with Crippen molar-refractivity contribution in [2.24, 2.45) is 0 Å². The van der Waals surface area contributed by atoms with Gasteiger partial charge in [-0.2, -0.15) is 5.26 Å². The van der Waals surface area contributed by atoms with Gasteiger partial charge in [-0.05, 0) is 37.3 Å². The van der Waals surface area contributed by atoms with E-state index < -0.39 is 0 Å². The second-order valence-corrected chi connectivity index (χ2v) is 6.22. The quantitative estimate of drug-likeness (QED) is 0.724. The van der Waals surface area contributed by atoms with Crippen LogP contribution in [0.3, 0.4) is 0 Å². The van der Waals surface area contributed by atoms with Crippen LogP contribution in [0.1, 0.15) is 5.82 Å². The minimum atomic E-state index is -0.117. The van der Waals surface area contributed by atoms with Gasteiger partial charge in [-0.15, -0.1) is 11.8 Å². The zero-order valence-electron chi connectivity index (χ0n) is 13.2. The number of fused-ring (bicyclic) bond motifs is 1. The molecule has 0 spiro atoms. The summed E-state index contributed by atoms with van der Waals surface area (Å²) in [6, 6.07) is 17.8. The number of carbonyl (C=O) groups is 1. The maximum absolute atomic E-state index is 11.9. The number of rotatable bonds is 5. The van der Waals surface area contributed by atoms with E-state index in [0.717, 1.165) is 22.5 Å². The lowest BCUT2D eigenvalue weighted by atomic mass is 10.2. The molecule has 1 amide bonds. The van der Waals surface area contributed by atoms with E-state index in [1.54, 1.807) is 0 Å². The molecule has 3 aromatic rings. The summed E-state index contributed by atoms with van der Waals surface area (Å²) in [5, 5.41) is 11.3. The normalized spacial score (nSPS) is 10.5. The minimum Gasteiger partial charge on any atom is -0.325 e. The second kappa shape index (κ2) is 7.20. The first-order valence-electron chi connectivity index (χ1n) is 7.48. The van der Waals surface area contributed by atoms with Gasteiger partial charge in [0.1, 0.15) is 5.82 Å². The van der Waals surface area contributed by atoms with Crippen LogP contribution in [-0.2, 0) is 4.79 Å². The Kier molecular flexibility index (Phi) is 4.82. The van der Waals surface area contributed by atoms with Crippen LogP contribution in [0.2, 0.25) is 0 Å². The van der Waals surface area contributed by atoms with Gasteiger partial charge in [0.25, 0.3) is 0 Å². The summed E-state index contributed by atoms with van der Waals surface area (Å²) < 4.78 is 2.09. The fourth-order valence-electron chi connectivity index (χ4n) is 2.57. The maximum atomic E-state index is 11.9. The van der Waals surface area contributed by atoms with Crippen LogP contribution in [0.25, 0.3) is 16.7 Å². The Balaban J connectivity index is 1.86. The molecular weight excluding hydrogens is 320 g/mol. The van der Waals surface area contributed by atoms with Gasteiger partial charge in [0, 0.05) is 11.4 Å². The number of nitrogens with one attached hydrogen (secondary N) is 1. The Labute approximate surface area is 144 Å². The standard InChI is InChI=1S/C18H16N4OS/c1-13-20-16-11-14(21-18(23)12-24-10-9-19)7-8-17(16)22(13)15-5-3-2-4-6-15/h2-8,11H,10,12H2,1H3,(H,21,23). The number of hydrogen-bond acceptors (Lipinski definition) is 4. The third kappa shape index (κ3) is 3.42. The van der Waals surface area contributed by atoms with Gasteiger partial charge in [-0.3, -0.25) is 9.36 Å². The molecule has 120 valence electrons. The van der Waals surface area contributed by atoms with Crippen molar-refractivity contribution >= 4 is 34.4 Å². The molecule has 6 heteroatoms. The highest BCUT2D eigenvalue weighted by molar-refractivity contribution is 8.00. The van der Waals surface area contributed by atoms with Crippen molar-refractivity contribution in [1.29, 1.82) is 5.26 Å². The third-order valence-corrected chi connectivity index (χ3v) is 4.32. The molecule has 2 aromatic carbocycles. The van der Waals surface area contributed by atoms with E-state index >= 15 is 0 Å². The number of aryl methyl sites for hydroxylation is 1. The van der Waals surface area contributed by atoms with E-state index in [0.29, 0.717) is 11.4 Å². The zero-order chi connectivity index (χ0) is 16.9. The highest BCUT2D eigenvalue weighted by Gasteiger charge is 2.10. The van der Waals surface area contributed by atoms with Crippen LogP contribution < -0.4 is 5.32 Å². The van der Waals surface area contributed by atoms with Crippen LogP contribution in [0, 0.1) is 18.3 Å². The highest BCUT2D eigenvalue weighted by Crippen LogP contribution is 2.24. The first-order valence-corrected chi connectivity index (χ1v) is 8.63. The molecule has 1 N–H and O–H groups in total. The number of para-hydroxylation sites is 1. The fraction of sp³-hybridized carbons (Fsp3) is 0.167. The number of nitriles is 1. The van der Waals surface area contributed by atoms with Crippen LogP contribution in [-0.4, -0.2) is 27.0 Å². The summed E-state index contributed by atoms with van der Waals surface area (Å²) in [6.45, 7) is 1.96. The molecule has 5 nitrogen and oxygen atoms in total. The lowest BCUT2D eigenvalue weighted by Gasteiger charge is -2.07. The van der Waals surface area contributed by atoms with Crippen molar-refractivity contribution in [2.45, 2.75) is 6.92 Å². The molecule has 1 aromatic heterocycles. The third-order valence-electron chi connectivity index (χ3n) is 3.52. The molecule has 0 bridgehead atoms. The van der Waals surface area contributed by atoms with E-state index in [-0.39, 0.29) is 11.7 Å². The van der Waals surface area contributed by atoms with Crippen LogP contribution in [0.5, 0.6) is 0 Å². The van der Waals surface area contributed by atoms with Gasteiger partial charge >= 0.3 is 0 Å². The van der Waals surface area contributed by atoms with Crippen molar-refractivity contribution in [1.82, 2.24) is 9.55 Å². The van der Waals surface area contributed by atoms with E-state index in [4.69, 9.17) is 5.26 Å². The minimum absolute atomic E-state index is 0.117. The van der Waals surface area contributed by atoms with E-state index in [2.05, 4.69) is 14.9 Å². The summed E-state index contributed by atoms with van der Waals surface area (Å²) in [5.41, 5.74) is 3.60. The second-order valence-electron chi connectivity index (χ2n) is 5.23. The Morgan fingerprint density at radius 2 is 2.08 bits per heavy atom. The monoisotopic (exact) mass is 336 g/mol. The maximum Gasteiger partial charge on any atom is 0.234 e. The Hall–Kier alpha value is -2.78. The van der Waals surface area contributed by atoms with E-state index in [9.17, 15) is 4.79 Å². The van der Waals surface area contributed by atoms with Crippen molar-refractivity contribution in [3.8, 4) is 11.8 Å². The van der Waals surface area contributed by atoms with Crippen molar-refractivity contribution < 1.29 is 4.79 Å². The number of carbonyl (C=O) groups excluding carboxylic acids is 1. The highest BCUT2D eigenvalue weighted by atomic mass is 32.2. The molecule has 0 saturated carbocycles. The first kappa shape index (κ1) is 16.1. The summed E-state index contributed by atoms with van der Waals surface area (Å²) >= 11 is 1.30. The topological polar surface area (TPSA) is 70.7 Å².